The Morgan fingerprint density at radius 1 is 1.10 bits per heavy atom. The van der Waals surface area contributed by atoms with Gasteiger partial charge in [0.25, 0.3) is 0 Å². The third-order valence-electron chi connectivity index (χ3n) is 5.88. The van der Waals surface area contributed by atoms with E-state index in [4.69, 9.17) is 9.72 Å². The summed E-state index contributed by atoms with van der Waals surface area (Å²) in [5.74, 6) is 0.785. The lowest BCUT2D eigenvalue weighted by Gasteiger charge is -2.27. The van der Waals surface area contributed by atoms with Crippen molar-refractivity contribution in [1.82, 2.24) is 15.1 Å². The molecule has 2 aromatic carbocycles. The number of pyridine rings is 1. The van der Waals surface area contributed by atoms with Crippen LogP contribution in [0.1, 0.15) is 28.8 Å². The van der Waals surface area contributed by atoms with Crippen LogP contribution in [0.5, 0.6) is 5.75 Å². The Bertz CT molecular complexity index is 1270. The Morgan fingerprint density at radius 2 is 1.94 bits per heavy atom. The number of hydrogen-bond donors (Lipinski definition) is 1. The van der Waals surface area contributed by atoms with E-state index >= 15 is 0 Å². The molecule has 4 aromatic rings. The summed E-state index contributed by atoms with van der Waals surface area (Å²) in [5, 5.41) is 3.76. The Hall–Kier alpha value is -3.87. The number of nitrogens with one attached hydrogen (secondary N) is 1. The predicted octanol–water partition coefficient (Wildman–Crippen LogP) is 3.95. The molecule has 2 unspecified atom stereocenters. The van der Waals surface area contributed by atoms with Crippen LogP contribution in [0.2, 0.25) is 0 Å². The van der Waals surface area contributed by atoms with E-state index in [2.05, 4.69) is 63.0 Å². The second-order valence-electron chi connectivity index (χ2n) is 7.66. The molecule has 0 radical (unpaired) electrons. The second kappa shape index (κ2) is 7.75. The highest BCUT2D eigenvalue weighted by Gasteiger charge is 2.38. The average molecular weight is 414 g/mol. The van der Waals surface area contributed by atoms with E-state index in [-0.39, 0.29) is 12.0 Å². The lowest BCUT2D eigenvalue weighted by Crippen LogP contribution is -2.23. The molecule has 0 spiro atoms. The number of fused-ring (bicyclic) bond motifs is 1. The zero-order valence-electron chi connectivity index (χ0n) is 17.3. The zero-order valence-corrected chi connectivity index (χ0v) is 17.3. The molecule has 1 N–H and O–H groups in total. The number of likely N-dealkylation sites (N-methyl/N-ethyl adjacent to an activating group) is 1. The Balaban J connectivity index is 1.55. The fraction of sp³-hybridized carbons (Fsp3) is 0.208. The average Bonchev–Trinajstić information content (AvgIpc) is 3.36. The minimum atomic E-state index is -0.591. The molecule has 0 aliphatic carbocycles. The summed E-state index contributed by atoms with van der Waals surface area (Å²) in [4.78, 5) is 20.9. The highest BCUT2D eigenvalue weighted by molar-refractivity contribution is 5.65. The quantitative estimate of drug-likeness (QED) is 0.532. The number of nitrogens with zero attached hydrogens (tertiary/aromatic N) is 3. The molecule has 1 aliphatic rings. The summed E-state index contributed by atoms with van der Waals surface area (Å²) in [6.07, 6.45) is 0.735. The zero-order chi connectivity index (χ0) is 21.4. The SMILES string of the molecule is COc1ccc2c(c1)N(C)C(c1ccccc1)C2Cc1cccc(-c2noc(=O)[nH]2)n1. The number of benzene rings is 2. The molecule has 2 aromatic heterocycles. The van der Waals surface area contributed by atoms with Gasteiger partial charge >= 0.3 is 5.76 Å². The van der Waals surface area contributed by atoms with Crippen LogP contribution in [-0.2, 0) is 6.42 Å². The summed E-state index contributed by atoms with van der Waals surface area (Å²) < 4.78 is 10.1. The van der Waals surface area contributed by atoms with E-state index in [1.54, 1.807) is 7.11 Å². The molecule has 0 amide bonds. The summed E-state index contributed by atoms with van der Waals surface area (Å²) in [6, 6.07) is 22.7. The number of ether oxygens (including phenoxy) is 1. The first-order valence-electron chi connectivity index (χ1n) is 10.1. The number of aromatic nitrogens is 3. The van der Waals surface area contributed by atoms with E-state index in [0.717, 1.165) is 23.6 Å². The number of aromatic amines is 1. The number of methoxy groups -OCH3 is 1. The lowest BCUT2D eigenvalue weighted by atomic mass is 9.86. The maximum absolute atomic E-state index is 11.3. The number of rotatable bonds is 5. The molecule has 0 saturated heterocycles. The van der Waals surface area contributed by atoms with E-state index in [1.807, 2.05) is 30.3 Å². The van der Waals surface area contributed by atoms with Gasteiger partial charge in [-0.25, -0.2) is 9.78 Å². The summed E-state index contributed by atoms with van der Waals surface area (Å²) >= 11 is 0. The summed E-state index contributed by atoms with van der Waals surface area (Å²) in [6.45, 7) is 0. The molecule has 0 fully saturated rings. The summed E-state index contributed by atoms with van der Waals surface area (Å²) in [5.41, 5.74) is 5.18. The maximum atomic E-state index is 11.3. The van der Waals surface area contributed by atoms with Crippen molar-refractivity contribution < 1.29 is 9.26 Å². The molecule has 1 aliphatic heterocycles. The molecule has 3 heterocycles. The van der Waals surface area contributed by atoms with Gasteiger partial charge < -0.3 is 9.64 Å². The fourth-order valence-corrected chi connectivity index (χ4v) is 4.48. The monoisotopic (exact) mass is 414 g/mol. The van der Waals surface area contributed by atoms with Crippen LogP contribution in [0, 0.1) is 0 Å². The Labute approximate surface area is 179 Å². The van der Waals surface area contributed by atoms with Crippen LogP contribution in [0.15, 0.2) is 76.0 Å². The molecule has 2 atom stereocenters. The number of H-pyrrole nitrogens is 1. The number of anilines is 1. The molecule has 156 valence electrons. The second-order valence-corrected chi connectivity index (χ2v) is 7.66. The first kappa shape index (κ1) is 19.1. The largest absolute Gasteiger partial charge is 0.497 e. The van der Waals surface area contributed by atoms with Crippen molar-refractivity contribution in [2.75, 3.05) is 19.1 Å². The van der Waals surface area contributed by atoms with Gasteiger partial charge in [-0.05, 0) is 35.7 Å². The third kappa shape index (κ3) is 3.48. The molecule has 5 rings (SSSR count). The van der Waals surface area contributed by atoms with E-state index in [9.17, 15) is 4.79 Å². The fourth-order valence-electron chi connectivity index (χ4n) is 4.48. The molecule has 0 saturated carbocycles. The van der Waals surface area contributed by atoms with Gasteiger partial charge in [-0.3, -0.25) is 9.51 Å². The van der Waals surface area contributed by atoms with Gasteiger partial charge in [0, 0.05) is 30.4 Å². The molecular formula is C24H22N4O3. The van der Waals surface area contributed by atoms with Gasteiger partial charge in [-0.1, -0.05) is 47.6 Å². The van der Waals surface area contributed by atoms with Gasteiger partial charge in [0.2, 0.25) is 5.82 Å². The van der Waals surface area contributed by atoms with Gasteiger partial charge in [-0.2, -0.15) is 0 Å². The summed E-state index contributed by atoms with van der Waals surface area (Å²) in [7, 11) is 3.81. The van der Waals surface area contributed by atoms with Crippen molar-refractivity contribution >= 4 is 5.69 Å². The predicted molar refractivity (Wildman–Crippen MR) is 117 cm³/mol. The van der Waals surface area contributed by atoms with E-state index in [0.29, 0.717) is 11.5 Å². The van der Waals surface area contributed by atoms with Crippen LogP contribution in [0.3, 0.4) is 0 Å². The lowest BCUT2D eigenvalue weighted by molar-refractivity contribution is 0.387. The highest BCUT2D eigenvalue weighted by atomic mass is 16.5. The molecule has 7 heteroatoms. The molecule has 0 bridgehead atoms. The Morgan fingerprint density at radius 3 is 2.68 bits per heavy atom. The first-order valence-corrected chi connectivity index (χ1v) is 10.1. The van der Waals surface area contributed by atoms with Crippen molar-refractivity contribution in [3.8, 4) is 17.3 Å². The van der Waals surface area contributed by atoms with Crippen LogP contribution in [-0.4, -0.2) is 29.3 Å². The van der Waals surface area contributed by atoms with Crippen molar-refractivity contribution in [2.24, 2.45) is 0 Å². The standard InChI is InChI=1S/C24H22N4O3/c1-28-21-14-17(30-2)11-12-18(21)19(22(28)15-7-4-3-5-8-15)13-16-9-6-10-20(25-16)23-26-24(29)31-27-23/h3-12,14,19,22H,13H2,1-2H3,(H,26,27,29). The number of hydrogen-bond acceptors (Lipinski definition) is 6. The van der Waals surface area contributed by atoms with Crippen LogP contribution >= 0.6 is 0 Å². The third-order valence-corrected chi connectivity index (χ3v) is 5.88. The van der Waals surface area contributed by atoms with Crippen molar-refractivity contribution in [3.05, 3.63) is 94.1 Å². The van der Waals surface area contributed by atoms with Gasteiger partial charge in [0.05, 0.1) is 13.2 Å². The van der Waals surface area contributed by atoms with Crippen molar-refractivity contribution in [2.45, 2.75) is 18.4 Å². The Kier molecular flexibility index (Phi) is 4.78. The normalized spacial score (nSPS) is 17.5. The van der Waals surface area contributed by atoms with Gasteiger partial charge in [0.1, 0.15) is 11.4 Å². The van der Waals surface area contributed by atoms with E-state index < -0.39 is 5.76 Å². The van der Waals surface area contributed by atoms with E-state index in [1.165, 1.54) is 11.1 Å². The van der Waals surface area contributed by atoms with Crippen LogP contribution < -0.4 is 15.4 Å². The minimum absolute atomic E-state index is 0.167. The van der Waals surface area contributed by atoms with Crippen molar-refractivity contribution in [1.29, 1.82) is 0 Å². The highest BCUT2D eigenvalue weighted by Crippen LogP contribution is 2.50. The maximum Gasteiger partial charge on any atom is 0.439 e. The van der Waals surface area contributed by atoms with Crippen LogP contribution in [0.25, 0.3) is 11.5 Å². The molecule has 7 nitrogen and oxygen atoms in total. The topological polar surface area (TPSA) is 84.2 Å². The van der Waals surface area contributed by atoms with Crippen molar-refractivity contribution in [3.63, 3.8) is 0 Å². The smallest absolute Gasteiger partial charge is 0.439 e. The van der Waals surface area contributed by atoms with Crippen LogP contribution in [0.4, 0.5) is 5.69 Å². The van der Waals surface area contributed by atoms with Gasteiger partial charge in [-0.15, -0.1) is 0 Å². The first-order chi connectivity index (χ1) is 15.1. The minimum Gasteiger partial charge on any atom is -0.497 e. The molecule has 31 heavy (non-hydrogen) atoms. The van der Waals surface area contributed by atoms with Gasteiger partial charge in [0.15, 0.2) is 0 Å². The molecular weight excluding hydrogens is 392 g/mol.